The fourth-order valence-electron chi connectivity index (χ4n) is 2.98. The van der Waals surface area contributed by atoms with Crippen LogP contribution in [0.15, 0.2) is 34.2 Å². The Morgan fingerprint density at radius 2 is 1.93 bits per heavy atom. The summed E-state index contributed by atoms with van der Waals surface area (Å²) in [4.78, 5) is 30.2. The molecule has 0 fully saturated rings. The molecule has 0 radical (unpaired) electrons. The summed E-state index contributed by atoms with van der Waals surface area (Å²) >= 11 is 1.34. The van der Waals surface area contributed by atoms with Crippen molar-refractivity contribution in [3.8, 4) is 0 Å². The predicted octanol–water partition coefficient (Wildman–Crippen LogP) is 3.99. The van der Waals surface area contributed by atoms with Crippen molar-refractivity contribution in [2.75, 3.05) is 0 Å². The maximum absolute atomic E-state index is 13.1. The maximum Gasteiger partial charge on any atom is 0.257 e. The third-order valence-electron chi connectivity index (χ3n) is 4.63. The van der Waals surface area contributed by atoms with Crippen LogP contribution in [0.25, 0.3) is 0 Å². The minimum Gasteiger partial charge on any atom is -0.353 e. The van der Waals surface area contributed by atoms with Crippen molar-refractivity contribution in [3.05, 3.63) is 57.3 Å². The number of benzene rings is 1. The Labute approximate surface area is 176 Å². The molecule has 1 aromatic carbocycles. The van der Waals surface area contributed by atoms with Crippen LogP contribution in [0.3, 0.4) is 0 Å². The first kappa shape index (κ1) is 23.1. The molecule has 158 valence electrons. The molecule has 2 rings (SSSR count). The normalized spacial score (nSPS) is 12.2. The van der Waals surface area contributed by atoms with E-state index < -0.39 is 0 Å². The van der Waals surface area contributed by atoms with Gasteiger partial charge in [-0.15, -0.1) is 0 Å². The molecule has 1 heterocycles. The van der Waals surface area contributed by atoms with Gasteiger partial charge in [-0.25, -0.2) is 9.37 Å². The fourth-order valence-corrected chi connectivity index (χ4v) is 4.13. The van der Waals surface area contributed by atoms with Gasteiger partial charge in [0.05, 0.1) is 5.25 Å². The van der Waals surface area contributed by atoms with E-state index in [1.165, 1.54) is 28.5 Å². The van der Waals surface area contributed by atoms with Gasteiger partial charge >= 0.3 is 0 Å². The van der Waals surface area contributed by atoms with Gasteiger partial charge < -0.3 is 5.32 Å². The summed E-state index contributed by atoms with van der Waals surface area (Å²) in [6.45, 7) is 7.76. The van der Waals surface area contributed by atoms with Crippen molar-refractivity contribution in [1.29, 1.82) is 0 Å². The topological polar surface area (TPSA) is 64.0 Å². The molecule has 1 aromatic heterocycles. The molecule has 0 aliphatic rings. The monoisotopic (exact) mass is 419 g/mol. The Bertz CT molecular complexity index is 894. The van der Waals surface area contributed by atoms with E-state index in [1.54, 1.807) is 26.1 Å². The summed E-state index contributed by atoms with van der Waals surface area (Å²) in [6.07, 6.45) is 3.04. The number of halogens is 1. The molecule has 0 aliphatic carbocycles. The van der Waals surface area contributed by atoms with E-state index in [1.807, 2.05) is 13.8 Å². The highest BCUT2D eigenvalue weighted by Gasteiger charge is 2.23. The second-order valence-electron chi connectivity index (χ2n) is 7.54. The lowest BCUT2D eigenvalue weighted by Crippen LogP contribution is -2.38. The van der Waals surface area contributed by atoms with Crippen LogP contribution in [0.1, 0.15) is 56.9 Å². The van der Waals surface area contributed by atoms with Gasteiger partial charge in [-0.2, -0.15) is 0 Å². The molecule has 0 spiro atoms. The molecule has 7 heteroatoms. The summed E-state index contributed by atoms with van der Waals surface area (Å²) in [7, 11) is 1.68. The molecule has 0 saturated carbocycles. The molecule has 1 amide bonds. The van der Waals surface area contributed by atoms with Crippen molar-refractivity contribution in [3.63, 3.8) is 0 Å². The smallest absolute Gasteiger partial charge is 0.257 e. The zero-order valence-corrected chi connectivity index (χ0v) is 18.6. The minimum atomic E-state index is -0.305. The molecule has 2 aromatic rings. The lowest BCUT2D eigenvalue weighted by molar-refractivity contribution is -0.121. The van der Waals surface area contributed by atoms with Crippen LogP contribution in [0.2, 0.25) is 0 Å². The van der Waals surface area contributed by atoms with Crippen LogP contribution < -0.4 is 10.9 Å². The van der Waals surface area contributed by atoms with Crippen LogP contribution in [-0.4, -0.2) is 26.8 Å². The number of carbonyl (C=O) groups excluding carboxylic acids is 1. The molecule has 1 atom stereocenters. The summed E-state index contributed by atoms with van der Waals surface area (Å²) in [5, 5.41) is 3.21. The van der Waals surface area contributed by atoms with Crippen LogP contribution >= 0.6 is 11.8 Å². The van der Waals surface area contributed by atoms with Gasteiger partial charge in [-0.1, -0.05) is 43.7 Å². The van der Waals surface area contributed by atoms with Crippen LogP contribution in [-0.2, 0) is 18.3 Å². The quantitative estimate of drug-likeness (QED) is 0.493. The highest BCUT2D eigenvalue weighted by molar-refractivity contribution is 8.00. The fraction of sp³-hybridized carbons (Fsp3) is 0.500. The number of hydrogen-bond donors (Lipinski definition) is 1. The lowest BCUT2D eigenvalue weighted by atomic mass is 10.1. The van der Waals surface area contributed by atoms with E-state index in [2.05, 4.69) is 17.2 Å². The van der Waals surface area contributed by atoms with Gasteiger partial charge in [-0.05, 0) is 44.9 Å². The number of aryl methyl sites for hydroxylation is 1. The van der Waals surface area contributed by atoms with Crippen LogP contribution in [0, 0.1) is 12.7 Å². The SMILES string of the molecule is CCCCC(Sc1nc(C)c(Cc2ccc(F)cc2)c(=O)n1C)C(=O)NC(C)C. The number of aromatic nitrogens is 2. The first-order valence-corrected chi connectivity index (χ1v) is 10.9. The number of amides is 1. The Kier molecular flexibility index (Phi) is 8.44. The first-order chi connectivity index (χ1) is 13.7. The van der Waals surface area contributed by atoms with Gasteiger partial charge in [0, 0.05) is 30.8 Å². The third-order valence-corrected chi connectivity index (χ3v) is 5.95. The Morgan fingerprint density at radius 1 is 1.28 bits per heavy atom. The van der Waals surface area contributed by atoms with Crippen LogP contribution in [0.5, 0.6) is 0 Å². The van der Waals surface area contributed by atoms with Gasteiger partial charge in [0.25, 0.3) is 5.56 Å². The molecular weight excluding hydrogens is 389 g/mol. The number of thioether (sulfide) groups is 1. The second-order valence-corrected chi connectivity index (χ2v) is 8.71. The first-order valence-electron chi connectivity index (χ1n) is 10.0. The summed E-state index contributed by atoms with van der Waals surface area (Å²) < 4.78 is 14.7. The highest BCUT2D eigenvalue weighted by atomic mass is 32.2. The van der Waals surface area contributed by atoms with Gasteiger partial charge in [0.1, 0.15) is 5.82 Å². The lowest BCUT2D eigenvalue weighted by Gasteiger charge is -2.19. The van der Waals surface area contributed by atoms with Gasteiger partial charge in [-0.3, -0.25) is 14.2 Å². The number of nitrogens with one attached hydrogen (secondary N) is 1. The standard InChI is InChI=1S/C22H30FN3O2S/c1-6-7-8-19(20(27)24-14(2)3)29-22-25-15(4)18(21(28)26(22)5)13-16-9-11-17(23)12-10-16/h9-12,14,19H,6-8,13H2,1-5H3,(H,24,27). The van der Waals surface area contributed by atoms with Crippen molar-refractivity contribution >= 4 is 17.7 Å². The van der Waals surface area contributed by atoms with E-state index in [0.717, 1.165) is 24.8 Å². The predicted molar refractivity (Wildman–Crippen MR) is 116 cm³/mol. The van der Waals surface area contributed by atoms with E-state index in [4.69, 9.17) is 0 Å². The summed E-state index contributed by atoms with van der Waals surface area (Å²) in [6, 6.07) is 6.18. The average Bonchev–Trinajstić information content (AvgIpc) is 2.66. The van der Waals surface area contributed by atoms with Gasteiger partial charge in [0.2, 0.25) is 5.91 Å². The minimum absolute atomic E-state index is 0.0271. The van der Waals surface area contributed by atoms with E-state index in [0.29, 0.717) is 22.8 Å². The number of carbonyl (C=O) groups is 1. The largest absolute Gasteiger partial charge is 0.353 e. The zero-order chi connectivity index (χ0) is 21.6. The molecule has 0 aliphatic heterocycles. The molecule has 0 saturated heterocycles. The molecule has 1 N–H and O–H groups in total. The number of rotatable bonds is 9. The third kappa shape index (κ3) is 6.42. The van der Waals surface area contributed by atoms with E-state index in [-0.39, 0.29) is 28.6 Å². The van der Waals surface area contributed by atoms with Crippen molar-refractivity contribution in [2.45, 2.75) is 69.8 Å². The average molecular weight is 420 g/mol. The zero-order valence-electron chi connectivity index (χ0n) is 17.8. The highest BCUT2D eigenvalue weighted by Crippen LogP contribution is 2.25. The number of unbranched alkanes of at least 4 members (excludes halogenated alkanes) is 1. The van der Waals surface area contributed by atoms with Crippen molar-refractivity contribution in [2.24, 2.45) is 7.05 Å². The Balaban J connectivity index is 2.29. The van der Waals surface area contributed by atoms with E-state index >= 15 is 0 Å². The van der Waals surface area contributed by atoms with Crippen LogP contribution in [0.4, 0.5) is 4.39 Å². The van der Waals surface area contributed by atoms with Crippen molar-refractivity contribution in [1.82, 2.24) is 14.9 Å². The number of nitrogens with zero attached hydrogens (tertiary/aromatic N) is 2. The molecule has 29 heavy (non-hydrogen) atoms. The molecule has 0 bridgehead atoms. The van der Waals surface area contributed by atoms with Gasteiger partial charge in [0.15, 0.2) is 5.16 Å². The van der Waals surface area contributed by atoms with E-state index in [9.17, 15) is 14.0 Å². The molecule has 1 unspecified atom stereocenters. The molecule has 5 nitrogen and oxygen atoms in total. The Hall–Kier alpha value is -2.15. The number of hydrogen-bond acceptors (Lipinski definition) is 4. The second kappa shape index (κ2) is 10.6. The maximum atomic E-state index is 13.1. The Morgan fingerprint density at radius 3 is 2.52 bits per heavy atom. The summed E-state index contributed by atoms with van der Waals surface area (Å²) in [5.41, 5.74) is 1.94. The van der Waals surface area contributed by atoms with Crippen molar-refractivity contribution < 1.29 is 9.18 Å². The molecular formula is C22H30FN3O2S. The summed E-state index contributed by atoms with van der Waals surface area (Å²) in [5.74, 6) is -0.332.